The van der Waals surface area contributed by atoms with Crippen molar-refractivity contribution < 1.29 is 9.59 Å². The Bertz CT molecular complexity index is 1190. The van der Waals surface area contributed by atoms with Crippen molar-refractivity contribution >= 4 is 46.2 Å². The lowest BCUT2D eigenvalue weighted by atomic mass is 10.1. The summed E-state index contributed by atoms with van der Waals surface area (Å²) in [6.45, 7) is 3.74. The summed E-state index contributed by atoms with van der Waals surface area (Å²) in [5.41, 5.74) is 5.41. The fourth-order valence-electron chi connectivity index (χ4n) is 3.51. The number of hydrogen-bond acceptors (Lipinski definition) is 3. The highest BCUT2D eigenvalue weighted by Gasteiger charge is 2.26. The van der Waals surface area contributed by atoms with Crippen molar-refractivity contribution in [3.05, 3.63) is 88.4 Å². The van der Waals surface area contributed by atoms with Gasteiger partial charge in [-0.15, -0.1) is 0 Å². The molecule has 3 aromatic carbocycles. The van der Waals surface area contributed by atoms with Crippen LogP contribution >= 0.6 is 11.6 Å². The van der Waals surface area contributed by atoms with E-state index in [2.05, 4.69) is 5.32 Å². The van der Waals surface area contributed by atoms with Crippen LogP contribution in [0.15, 0.2) is 71.7 Å². The van der Waals surface area contributed by atoms with Gasteiger partial charge in [0.1, 0.15) is 6.54 Å². The lowest BCUT2D eigenvalue weighted by Gasteiger charge is -2.22. The molecule has 1 aliphatic rings. The van der Waals surface area contributed by atoms with Gasteiger partial charge in [-0.05, 0) is 49.2 Å². The van der Waals surface area contributed by atoms with Gasteiger partial charge >= 0.3 is 0 Å². The Kier molecular flexibility index (Phi) is 5.87. The molecule has 3 aromatic rings. The number of rotatable bonds is 4. The average Bonchev–Trinajstić information content (AvgIpc) is 2.89. The first-order valence-electron chi connectivity index (χ1n) is 10.0. The number of hydrogen-bond donors (Lipinski definition) is 1. The van der Waals surface area contributed by atoms with E-state index in [0.29, 0.717) is 27.8 Å². The number of nitrogens with one attached hydrogen (secondary N) is 1. The topological polar surface area (TPSA) is 61.8 Å². The third-order valence-corrected chi connectivity index (χ3v) is 5.69. The van der Waals surface area contributed by atoms with Crippen molar-refractivity contribution in [1.29, 1.82) is 0 Å². The lowest BCUT2D eigenvalue weighted by molar-refractivity contribution is -0.120. The molecule has 0 saturated heterocycles. The summed E-state index contributed by atoms with van der Waals surface area (Å²) in [6.07, 6.45) is 0.112. The smallest absolute Gasteiger partial charge is 0.244 e. The van der Waals surface area contributed by atoms with Gasteiger partial charge in [0.05, 0.1) is 23.5 Å². The standard InChI is InChI=1S/C25H22ClN3O2/c1-16-10-12-18(13-11-16)22-14-25(31)29(23-9-4-3-7-21(23)27-22)15-24(30)28-20-8-5-6-19(26)17(20)2/h3-13H,14-15H2,1-2H3,(H,28,30). The number of aliphatic imine (C=N–C) groups is 1. The zero-order valence-corrected chi connectivity index (χ0v) is 18.1. The van der Waals surface area contributed by atoms with Crippen LogP contribution in [-0.2, 0) is 9.59 Å². The van der Waals surface area contributed by atoms with Crippen LogP contribution in [0.2, 0.25) is 5.02 Å². The normalized spacial score (nSPS) is 13.3. The van der Waals surface area contributed by atoms with E-state index in [0.717, 1.165) is 16.7 Å². The Morgan fingerprint density at radius 2 is 1.77 bits per heavy atom. The highest BCUT2D eigenvalue weighted by atomic mass is 35.5. The van der Waals surface area contributed by atoms with Gasteiger partial charge in [0.25, 0.3) is 0 Å². The van der Waals surface area contributed by atoms with Crippen LogP contribution < -0.4 is 10.2 Å². The molecule has 2 amide bonds. The molecule has 0 unspecified atom stereocenters. The van der Waals surface area contributed by atoms with Crippen molar-refractivity contribution in [2.75, 3.05) is 16.8 Å². The van der Waals surface area contributed by atoms with Crippen LogP contribution in [-0.4, -0.2) is 24.1 Å². The van der Waals surface area contributed by atoms with E-state index in [1.54, 1.807) is 18.2 Å². The number of para-hydroxylation sites is 2. The highest BCUT2D eigenvalue weighted by molar-refractivity contribution is 6.31. The second kappa shape index (κ2) is 8.74. The quantitative estimate of drug-likeness (QED) is 0.596. The molecule has 1 heterocycles. The van der Waals surface area contributed by atoms with E-state index < -0.39 is 0 Å². The van der Waals surface area contributed by atoms with Crippen molar-refractivity contribution in [3.8, 4) is 0 Å². The Morgan fingerprint density at radius 1 is 1.03 bits per heavy atom. The number of amides is 2. The van der Waals surface area contributed by atoms with E-state index >= 15 is 0 Å². The number of fused-ring (bicyclic) bond motifs is 1. The molecule has 0 aromatic heterocycles. The van der Waals surface area contributed by atoms with E-state index in [1.807, 2.05) is 62.4 Å². The molecule has 0 atom stereocenters. The minimum atomic E-state index is -0.299. The number of aryl methyl sites for hydroxylation is 1. The van der Waals surface area contributed by atoms with Crippen molar-refractivity contribution in [3.63, 3.8) is 0 Å². The first kappa shape index (κ1) is 20.8. The number of anilines is 2. The first-order valence-corrected chi connectivity index (χ1v) is 10.4. The van der Waals surface area contributed by atoms with E-state index in [-0.39, 0.29) is 24.8 Å². The average molecular weight is 432 g/mol. The largest absolute Gasteiger partial charge is 0.324 e. The Morgan fingerprint density at radius 3 is 2.55 bits per heavy atom. The van der Waals surface area contributed by atoms with E-state index in [1.165, 1.54) is 4.90 Å². The van der Waals surface area contributed by atoms with Crippen molar-refractivity contribution in [1.82, 2.24) is 0 Å². The summed E-state index contributed by atoms with van der Waals surface area (Å²) in [7, 11) is 0. The molecule has 0 fully saturated rings. The summed E-state index contributed by atoms with van der Waals surface area (Å²) >= 11 is 6.15. The molecule has 0 bridgehead atoms. The molecule has 156 valence electrons. The lowest BCUT2D eigenvalue weighted by Crippen LogP contribution is -2.38. The fourth-order valence-corrected chi connectivity index (χ4v) is 3.68. The maximum Gasteiger partial charge on any atom is 0.244 e. The first-order chi connectivity index (χ1) is 14.9. The van der Waals surface area contributed by atoms with E-state index in [9.17, 15) is 9.59 Å². The minimum absolute atomic E-state index is 0.112. The molecular formula is C25H22ClN3O2. The number of nitrogens with zero attached hydrogens (tertiary/aromatic N) is 2. The zero-order chi connectivity index (χ0) is 22.0. The molecule has 0 saturated carbocycles. The van der Waals surface area contributed by atoms with Gasteiger partial charge in [0, 0.05) is 10.7 Å². The maximum atomic E-state index is 13.2. The molecule has 0 radical (unpaired) electrons. The fraction of sp³-hybridized carbons (Fsp3) is 0.160. The summed E-state index contributed by atoms with van der Waals surface area (Å²) in [6, 6.07) is 20.6. The molecule has 31 heavy (non-hydrogen) atoms. The molecule has 4 rings (SSSR count). The molecule has 6 heteroatoms. The number of carbonyl (C=O) groups excluding carboxylic acids is 2. The molecule has 0 spiro atoms. The van der Waals surface area contributed by atoms with Crippen LogP contribution in [0.4, 0.5) is 17.1 Å². The van der Waals surface area contributed by atoms with Gasteiger partial charge in [-0.2, -0.15) is 0 Å². The SMILES string of the molecule is Cc1ccc(C2=Nc3ccccc3N(CC(=O)Nc3cccc(Cl)c3C)C(=O)C2)cc1. The second-order valence-electron chi connectivity index (χ2n) is 7.53. The zero-order valence-electron chi connectivity index (χ0n) is 17.4. The van der Waals surface area contributed by atoms with Gasteiger partial charge in [-0.25, -0.2) is 0 Å². The maximum absolute atomic E-state index is 13.2. The number of halogens is 1. The summed E-state index contributed by atoms with van der Waals surface area (Å²) in [5, 5.41) is 3.44. The molecule has 0 aliphatic carbocycles. The van der Waals surface area contributed by atoms with Crippen LogP contribution in [0.1, 0.15) is 23.1 Å². The van der Waals surface area contributed by atoms with Gasteiger partial charge in [0.2, 0.25) is 11.8 Å². The summed E-state index contributed by atoms with van der Waals surface area (Å²) in [4.78, 5) is 32.3. The minimum Gasteiger partial charge on any atom is -0.324 e. The number of carbonyl (C=O) groups is 2. The molecule has 1 aliphatic heterocycles. The second-order valence-corrected chi connectivity index (χ2v) is 7.94. The van der Waals surface area contributed by atoms with Crippen LogP contribution in [0.25, 0.3) is 0 Å². The van der Waals surface area contributed by atoms with Crippen molar-refractivity contribution in [2.24, 2.45) is 4.99 Å². The predicted octanol–water partition coefficient (Wildman–Crippen LogP) is 5.45. The van der Waals surface area contributed by atoms with Gasteiger partial charge in [-0.3, -0.25) is 14.6 Å². The summed E-state index contributed by atoms with van der Waals surface area (Å²) in [5.74, 6) is -0.477. The Hall–Kier alpha value is -3.44. The Balaban J connectivity index is 1.61. The van der Waals surface area contributed by atoms with Gasteiger partial charge < -0.3 is 10.2 Å². The van der Waals surface area contributed by atoms with Crippen LogP contribution in [0.5, 0.6) is 0 Å². The third-order valence-electron chi connectivity index (χ3n) is 5.28. The van der Waals surface area contributed by atoms with E-state index in [4.69, 9.17) is 16.6 Å². The van der Waals surface area contributed by atoms with Crippen LogP contribution in [0.3, 0.4) is 0 Å². The van der Waals surface area contributed by atoms with Gasteiger partial charge in [0.15, 0.2) is 0 Å². The summed E-state index contributed by atoms with van der Waals surface area (Å²) < 4.78 is 0. The van der Waals surface area contributed by atoms with Gasteiger partial charge in [-0.1, -0.05) is 59.6 Å². The Labute approximate surface area is 186 Å². The molecule has 1 N–H and O–H groups in total. The van der Waals surface area contributed by atoms with Crippen LogP contribution in [0, 0.1) is 13.8 Å². The monoisotopic (exact) mass is 431 g/mol. The predicted molar refractivity (Wildman–Crippen MR) is 126 cm³/mol. The third kappa shape index (κ3) is 4.52. The molecule has 5 nitrogen and oxygen atoms in total. The van der Waals surface area contributed by atoms with Crippen molar-refractivity contribution in [2.45, 2.75) is 20.3 Å². The number of benzene rings is 3. The molecular weight excluding hydrogens is 410 g/mol. The highest BCUT2D eigenvalue weighted by Crippen LogP contribution is 2.33.